The number of phenolic OH excluding ortho intramolecular Hbond substituents is 1. The molecule has 1 heterocycles. The van der Waals surface area contributed by atoms with Gasteiger partial charge in [0.15, 0.2) is 0 Å². The van der Waals surface area contributed by atoms with E-state index in [0.717, 1.165) is 18.8 Å². The smallest absolute Gasteiger partial charge is 0.293 e. The molecule has 0 radical (unpaired) electrons. The number of rotatable bonds is 3. The second-order valence-electron chi connectivity index (χ2n) is 5.38. The Kier molecular flexibility index (Phi) is 4.38. The minimum absolute atomic E-state index is 0.123. The van der Waals surface area contributed by atoms with Crippen LogP contribution in [0, 0.1) is 10.1 Å². The molecule has 0 spiro atoms. The zero-order chi connectivity index (χ0) is 16.4. The Morgan fingerprint density at radius 3 is 2.22 bits per heavy atom. The van der Waals surface area contributed by atoms with Crippen LogP contribution in [0.25, 0.3) is 0 Å². The highest BCUT2D eigenvalue weighted by molar-refractivity contribution is 9.10. The van der Waals surface area contributed by atoms with Crippen LogP contribution < -0.4 is 9.80 Å². The summed E-state index contributed by atoms with van der Waals surface area (Å²) < 4.78 is 0.704. The number of nitro groups is 1. The molecule has 2 aromatic carbocycles. The molecule has 1 aliphatic rings. The molecule has 23 heavy (non-hydrogen) atoms. The first-order valence-electron chi connectivity index (χ1n) is 7.27. The Balaban J connectivity index is 1.74. The second kappa shape index (κ2) is 6.45. The number of nitrogens with zero attached hydrogens (tertiary/aromatic N) is 3. The fourth-order valence-electron chi connectivity index (χ4n) is 2.78. The summed E-state index contributed by atoms with van der Waals surface area (Å²) in [6, 6.07) is 12.3. The van der Waals surface area contributed by atoms with Gasteiger partial charge in [-0.2, -0.15) is 0 Å². The number of anilines is 2. The highest BCUT2D eigenvalue weighted by Crippen LogP contribution is 2.32. The lowest BCUT2D eigenvalue weighted by atomic mass is 10.2. The third-order valence-electron chi connectivity index (χ3n) is 3.97. The quantitative estimate of drug-likeness (QED) is 0.655. The zero-order valence-corrected chi connectivity index (χ0v) is 13.9. The Labute approximate surface area is 142 Å². The van der Waals surface area contributed by atoms with Crippen LogP contribution in [0.1, 0.15) is 0 Å². The Hall–Kier alpha value is -2.28. The minimum Gasteiger partial charge on any atom is -0.508 e. The van der Waals surface area contributed by atoms with E-state index in [-0.39, 0.29) is 16.4 Å². The number of phenols is 1. The van der Waals surface area contributed by atoms with E-state index >= 15 is 0 Å². The lowest BCUT2D eigenvalue weighted by Crippen LogP contribution is -2.46. The fraction of sp³-hybridized carbons (Fsp3) is 0.250. The van der Waals surface area contributed by atoms with Crippen molar-refractivity contribution in [2.24, 2.45) is 0 Å². The lowest BCUT2D eigenvalue weighted by molar-refractivity contribution is -0.384. The van der Waals surface area contributed by atoms with Gasteiger partial charge in [0.05, 0.1) is 4.92 Å². The maximum atomic E-state index is 11.3. The van der Waals surface area contributed by atoms with Gasteiger partial charge in [-0.05, 0) is 36.4 Å². The first-order chi connectivity index (χ1) is 11.0. The third kappa shape index (κ3) is 3.39. The van der Waals surface area contributed by atoms with Gasteiger partial charge >= 0.3 is 0 Å². The highest BCUT2D eigenvalue weighted by atomic mass is 79.9. The molecule has 120 valence electrons. The van der Waals surface area contributed by atoms with E-state index in [1.165, 1.54) is 0 Å². The average molecular weight is 378 g/mol. The van der Waals surface area contributed by atoms with Crippen molar-refractivity contribution in [3.05, 3.63) is 57.1 Å². The standard InChI is InChI=1S/C16H16BrN3O3/c17-12-1-6-15(16(11-12)20(22)23)19-9-7-18(8-10-19)13-2-4-14(21)5-3-13/h1-6,11,21H,7-10H2. The van der Waals surface area contributed by atoms with Crippen LogP contribution in [0.4, 0.5) is 17.1 Å². The van der Waals surface area contributed by atoms with Crippen LogP contribution in [0.3, 0.4) is 0 Å². The van der Waals surface area contributed by atoms with Gasteiger partial charge in [-0.15, -0.1) is 0 Å². The van der Waals surface area contributed by atoms with Gasteiger partial charge in [-0.1, -0.05) is 15.9 Å². The van der Waals surface area contributed by atoms with Crippen LogP contribution in [0.2, 0.25) is 0 Å². The SMILES string of the molecule is O=[N+]([O-])c1cc(Br)ccc1N1CCN(c2ccc(O)cc2)CC1. The zero-order valence-electron chi connectivity index (χ0n) is 12.4. The number of hydrogen-bond donors (Lipinski definition) is 1. The van der Waals surface area contributed by atoms with Crippen molar-refractivity contribution in [1.29, 1.82) is 0 Å². The summed E-state index contributed by atoms with van der Waals surface area (Å²) in [5.74, 6) is 0.248. The number of aromatic hydroxyl groups is 1. The molecule has 7 heteroatoms. The van der Waals surface area contributed by atoms with Gasteiger partial charge in [-0.25, -0.2) is 0 Å². The van der Waals surface area contributed by atoms with E-state index in [4.69, 9.17) is 0 Å². The molecule has 0 bridgehead atoms. The van der Waals surface area contributed by atoms with Crippen LogP contribution in [-0.4, -0.2) is 36.2 Å². The topological polar surface area (TPSA) is 69.9 Å². The van der Waals surface area contributed by atoms with Gasteiger partial charge in [0.2, 0.25) is 0 Å². The van der Waals surface area contributed by atoms with E-state index < -0.39 is 0 Å². The van der Waals surface area contributed by atoms with Crippen molar-refractivity contribution in [3.63, 3.8) is 0 Å². The number of hydrogen-bond acceptors (Lipinski definition) is 5. The van der Waals surface area contributed by atoms with E-state index in [9.17, 15) is 15.2 Å². The Morgan fingerprint density at radius 2 is 1.61 bits per heavy atom. The second-order valence-corrected chi connectivity index (χ2v) is 6.30. The predicted octanol–water partition coefficient (Wildman–Crippen LogP) is 3.39. The molecule has 0 aromatic heterocycles. The maximum absolute atomic E-state index is 11.3. The number of nitro benzene ring substituents is 1. The largest absolute Gasteiger partial charge is 0.508 e. The summed E-state index contributed by atoms with van der Waals surface area (Å²) in [4.78, 5) is 15.2. The normalized spacial score (nSPS) is 14.8. The third-order valence-corrected chi connectivity index (χ3v) is 4.46. The van der Waals surface area contributed by atoms with Crippen molar-refractivity contribution in [2.75, 3.05) is 36.0 Å². The molecule has 2 aromatic rings. The number of halogens is 1. The maximum Gasteiger partial charge on any atom is 0.293 e. The predicted molar refractivity (Wildman–Crippen MR) is 93.3 cm³/mol. The Bertz CT molecular complexity index is 713. The van der Waals surface area contributed by atoms with Crippen molar-refractivity contribution in [1.82, 2.24) is 0 Å². The monoisotopic (exact) mass is 377 g/mol. The number of piperazine rings is 1. The molecule has 6 nitrogen and oxygen atoms in total. The summed E-state index contributed by atoms with van der Waals surface area (Å²) >= 11 is 3.28. The van der Waals surface area contributed by atoms with Crippen LogP contribution in [0.15, 0.2) is 46.9 Å². The molecule has 0 unspecified atom stereocenters. The average Bonchev–Trinajstić information content (AvgIpc) is 2.56. The van der Waals surface area contributed by atoms with Gasteiger partial charge in [0.1, 0.15) is 11.4 Å². The van der Waals surface area contributed by atoms with E-state index in [0.29, 0.717) is 23.2 Å². The lowest BCUT2D eigenvalue weighted by Gasteiger charge is -2.37. The van der Waals surface area contributed by atoms with E-state index in [1.807, 2.05) is 23.1 Å². The van der Waals surface area contributed by atoms with Gasteiger partial charge < -0.3 is 14.9 Å². The van der Waals surface area contributed by atoms with E-state index in [1.54, 1.807) is 24.3 Å². The van der Waals surface area contributed by atoms with Gasteiger partial charge in [0, 0.05) is 42.4 Å². The molecule has 3 rings (SSSR count). The number of benzene rings is 2. The summed E-state index contributed by atoms with van der Waals surface area (Å²) in [5.41, 5.74) is 1.83. The van der Waals surface area contributed by atoms with E-state index in [2.05, 4.69) is 20.8 Å². The molecule has 0 aliphatic carbocycles. The molecular formula is C16H16BrN3O3. The first kappa shape index (κ1) is 15.6. The molecule has 1 aliphatic heterocycles. The highest BCUT2D eigenvalue weighted by Gasteiger charge is 2.24. The van der Waals surface area contributed by atoms with Crippen LogP contribution in [-0.2, 0) is 0 Å². The van der Waals surface area contributed by atoms with Crippen LogP contribution in [0.5, 0.6) is 5.75 Å². The molecule has 0 amide bonds. The summed E-state index contributed by atoms with van der Waals surface area (Å²) in [5, 5.41) is 20.6. The molecule has 1 N–H and O–H groups in total. The summed E-state index contributed by atoms with van der Waals surface area (Å²) in [6.45, 7) is 2.97. The minimum atomic E-state index is -0.341. The van der Waals surface area contributed by atoms with Crippen LogP contribution >= 0.6 is 15.9 Å². The van der Waals surface area contributed by atoms with Crippen molar-refractivity contribution in [2.45, 2.75) is 0 Å². The first-order valence-corrected chi connectivity index (χ1v) is 8.07. The molecule has 0 atom stereocenters. The molecule has 1 fully saturated rings. The molecule has 1 saturated heterocycles. The summed E-state index contributed by atoms with van der Waals surface area (Å²) in [7, 11) is 0. The van der Waals surface area contributed by atoms with Gasteiger partial charge in [-0.3, -0.25) is 10.1 Å². The molecule has 0 saturated carbocycles. The molecular weight excluding hydrogens is 362 g/mol. The van der Waals surface area contributed by atoms with Gasteiger partial charge in [0.25, 0.3) is 5.69 Å². The Morgan fingerprint density at radius 1 is 1.00 bits per heavy atom. The fourth-order valence-corrected chi connectivity index (χ4v) is 3.13. The van der Waals surface area contributed by atoms with Crippen molar-refractivity contribution < 1.29 is 10.0 Å². The van der Waals surface area contributed by atoms with Crippen molar-refractivity contribution >= 4 is 33.0 Å². The van der Waals surface area contributed by atoms with Crippen molar-refractivity contribution in [3.8, 4) is 5.75 Å². The summed E-state index contributed by atoms with van der Waals surface area (Å²) in [6.07, 6.45) is 0.